The van der Waals surface area contributed by atoms with E-state index in [-0.39, 0.29) is 10.9 Å². The number of rotatable bonds is 4. The maximum atomic E-state index is 13.1. The number of nitrogens with one attached hydrogen (secondary N) is 1. The Morgan fingerprint density at radius 3 is 2.67 bits per heavy atom. The Hall–Kier alpha value is -2.07. The second kappa shape index (κ2) is 6.59. The molecule has 0 fully saturated rings. The van der Waals surface area contributed by atoms with Crippen LogP contribution in [-0.2, 0) is 4.79 Å². The van der Waals surface area contributed by atoms with Crippen LogP contribution in [0, 0.1) is 12.7 Å². The SMILES string of the molecule is Cc1ccccc1O[C@H](C)C(=O)Nc1ccc(F)c(Cl)c1. The number of carbonyl (C=O) groups is 1. The summed E-state index contributed by atoms with van der Waals surface area (Å²) in [6.45, 7) is 3.55. The maximum absolute atomic E-state index is 13.1. The smallest absolute Gasteiger partial charge is 0.265 e. The lowest BCUT2D eigenvalue weighted by molar-refractivity contribution is -0.122. The number of aryl methyl sites for hydroxylation is 1. The van der Waals surface area contributed by atoms with Crippen molar-refractivity contribution in [2.45, 2.75) is 20.0 Å². The predicted octanol–water partition coefficient (Wildman–Crippen LogP) is 4.19. The molecule has 2 aromatic rings. The quantitative estimate of drug-likeness (QED) is 0.919. The molecule has 0 spiro atoms. The minimum atomic E-state index is -0.685. The molecule has 0 saturated heterocycles. The van der Waals surface area contributed by atoms with E-state index in [0.29, 0.717) is 11.4 Å². The van der Waals surface area contributed by atoms with Gasteiger partial charge in [0.05, 0.1) is 5.02 Å². The average molecular weight is 308 g/mol. The zero-order chi connectivity index (χ0) is 15.4. The van der Waals surface area contributed by atoms with E-state index in [9.17, 15) is 9.18 Å². The highest BCUT2D eigenvalue weighted by Crippen LogP contribution is 2.21. The van der Waals surface area contributed by atoms with Gasteiger partial charge in [-0.1, -0.05) is 29.8 Å². The fourth-order valence-corrected chi connectivity index (χ4v) is 1.93. The summed E-state index contributed by atoms with van der Waals surface area (Å²) in [7, 11) is 0. The Morgan fingerprint density at radius 1 is 1.29 bits per heavy atom. The summed E-state index contributed by atoms with van der Waals surface area (Å²) < 4.78 is 18.7. The Balaban J connectivity index is 2.02. The molecule has 0 bridgehead atoms. The van der Waals surface area contributed by atoms with Crippen LogP contribution in [0.5, 0.6) is 5.75 Å². The van der Waals surface area contributed by atoms with Gasteiger partial charge in [0.15, 0.2) is 6.10 Å². The van der Waals surface area contributed by atoms with E-state index in [1.807, 2.05) is 25.1 Å². The molecular formula is C16H15ClFNO2. The molecule has 1 N–H and O–H groups in total. The Kier molecular flexibility index (Phi) is 4.81. The van der Waals surface area contributed by atoms with Crippen LogP contribution in [0.1, 0.15) is 12.5 Å². The molecule has 0 heterocycles. The molecule has 110 valence electrons. The summed E-state index contributed by atoms with van der Waals surface area (Å²) in [6.07, 6.45) is -0.685. The van der Waals surface area contributed by atoms with Crippen molar-refractivity contribution in [2.24, 2.45) is 0 Å². The minimum Gasteiger partial charge on any atom is -0.481 e. The van der Waals surface area contributed by atoms with Crippen LogP contribution in [0.4, 0.5) is 10.1 Å². The fourth-order valence-electron chi connectivity index (χ4n) is 1.75. The van der Waals surface area contributed by atoms with Crippen molar-refractivity contribution in [3.63, 3.8) is 0 Å². The van der Waals surface area contributed by atoms with Crippen molar-refractivity contribution in [1.29, 1.82) is 0 Å². The average Bonchev–Trinajstić information content (AvgIpc) is 2.45. The number of benzene rings is 2. The summed E-state index contributed by atoms with van der Waals surface area (Å²) in [4.78, 5) is 12.1. The number of hydrogen-bond donors (Lipinski definition) is 1. The first-order valence-electron chi connectivity index (χ1n) is 6.45. The molecule has 0 aliphatic carbocycles. The van der Waals surface area contributed by atoms with Gasteiger partial charge in [0, 0.05) is 5.69 Å². The first kappa shape index (κ1) is 15.3. The van der Waals surface area contributed by atoms with Crippen molar-refractivity contribution in [3.05, 3.63) is 58.9 Å². The molecule has 1 amide bonds. The van der Waals surface area contributed by atoms with Crippen LogP contribution >= 0.6 is 11.6 Å². The number of hydrogen-bond acceptors (Lipinski definition) is 2. The van der Waals surface area contributed by atoms with Crippen LogP contribution in [-0.4, -0.2) is 12.0 Å². The van der Waals surface area contributed by atoms with Gasteiger partial charge in [0.25, 0.3) is 5.91 Å². The van der Waals surface area contributed by atoms with Gasteiger partial charge in [0.2, 0.25) is 0 Å². The lowest BCUT2D eigenvalue weighted by atomic mass is 10.2. The molecule has 0 radical (unpaired) electrons. The van der Waals surface area contributed by atoms with Crippen LogP contribution in [0.25, 0.3) is 0 Å². The van der Waals surface area contributed by atoms with Gasteiger partial charge >= 0.3 is 0 Å². The molecule has 0 saturated carbocycles. The molecule has 5 heteroatoms. The number of ether oxygens (including phenoxy) is 1. The molecule has 0 aliphatic heterocycles. The van der Waals surface area contributed by atoms with Crippen LogP contribution in [0.2, 0.25) is 5.02 Å². The Labute approximate surface area is 127 Å². The lowest BCUT2D eigenvalue weighted by Gasteiger charge is -2.16. The third-order valence-electron chi connectivity index (χ3n) is 2.95. The van der Waals surface area contributed by atoms with Crippen LogP contribution in [0.3, 0.4) is 0 Å². The normalized spacial score (nSPS) is 11.8. The predicted molar refractivity (Wildman–Crippen MR) is 81.3 cm³/mol. The topological polar surface area (TPSA) is 38.3 Å². The number of amides is 1. The Morgan fingerprint density at radius 2 is 2.00 bits per heavy atom. The summed E-state index contributed by atoms with van der Waals surface area (Å²) in [5.41, 5.74) is 1.37. The molecule has 3 nitrogen and oxygen atoms in total. The highest BCUT2D eigenvalue weighted by atomic mass is 35.5. The van der Waals surface area contributed by atoms with Crippen molar-refractivity contribution in [3.8, 4) is 5.75 Å². The van der Waals surface area contributed by atoms with Gasteiger partial charge in [0.1, 0.15) is 11.6 Å². The molecule has 2 rings (SSSR count). The van der Waals surface area contributed by atoms with Gasteiger partial charge in [-0.2, -0.15) is 0 Å². The first-order valence-corrected chi connectivity index (χ1v) is 6.83. The minimum absolute atomic E-state index is 0.0414. The van der Waals surface area contributed by atoms with Crippen LogP contribution in [0.15, 0.2) is 42.5 Å². The molecule has 0 unspecified atom stereocenters. The van der Waals surface area contributed by atoms with E-state index in [1.165, 1.54) is 18.2 Å². The molecule has 0 aliphatic rings. The highest BCUT2D eigenvalue weighted by Gasteiger charge is 2.16. The summed E-state index contributed by atoms with van der Waals surface area (Å²) in [5.74, 6) is -0.211. The van der Waals surface area contributed by atoms with Gasteiger partial charge in [-0.15, -0.1) is 0 Å². The standard InChI is InChI=1S/C16H15ClFNO2/c1-10-5-3-4-6-15(10)21-11(2)16(20)19-12-7-8-14(18)13(17)9-12/h3-9,11H,1-2H3,(H,19,20)/t11-/m1/s1. The van der Waals surface area contributed by atoms with Crippen molar-refractivity contribution in [1.82, 2.24) is 0 Å². The molecule has 21 heavy (non-hydrogen) atoms. The number of halogens is 2. The monoisotopic (exact) mass is 307 g/mol. The first-order chi connectivity index (χ1) is 9.97. The van der Waals surface area contributed by atoms with E-state index in [4.69, 9.17) is 16.3 Å². The highest BCUT2D eigenvalue weighted by molar-refractivity contribution is 6.31. The van der Waals surface area contributed by atoms with Crippen molar-refractivity contribution in [2.75, 3.05) is 5.32 Å². The van der Waals surface area contributed by atoms with Gasteiger partial charge in [-0.3, -0.25) is 4.79 Å². The number of para-hydroxylation sites is 1. The van der Waals surface area contributed by atoms with Gasteiger partial charge < -0.3 is 10.1 Å². The zero-order valence-corrected chi connectivity index (χ0v) is 12.4. The molecule has 1 atom stereocenters. The van der Waals surface area contributed by atoms with Crippen LogP contribution < -0.4 is 10.1 Å². The third kappa shape index (κ3) is 3.95. The number of anilines is 1. The molecular weight excluding hydrogens is 293 g/mol. The van der Waals surface area contributed by atoms with E-state index >= 15 is 0 Å². The second-order valence-electron chi connectivity index (χ2n) is 4.64. The van der Waals surface area contributed by atoms with Gasteiger partial charge in [-0.25, -0.2) is 4.39 Å². The maximum Gasteiger partial charge on any atom is 0.265 e. The molecule has 0 aromatic heterocycles. The Bertz CT molecular complexity index is 660. The number of carbonyl (C=O) groups excluding carboxylic acids is 1. The largest absolute Gasteiger partial charge is 0.481 e. The van der Waals surface area contributed by atoms with Gasteiger partial charge in [-0.05, 0) is 43.7 Å². The summed E-state index contributed by atoms with van der Waals surface area (Å²) in [6, 6.07) is 11.4. The van der Waals surface area contributed by atoms with Crippen molar-refractivity contribution >= 4 is 23.2 Å². The van der Waals surface area contributed by atoms with E-state index in [2.05, 4.69) is 5.32 Å². The summed E-state index contributed by atoms with van der Waals surface area (Å²) >= 11 is 5.67. The third-order valence-corrected chi connectivity index (χ3v) is 3.24. The second-order valence-corrected chi connectivity index (χ2v) is 5.05. The fraction of sp³-hybridized carbons (Fsp3) is 0.188. The summed E-state index contributed by atoms with van der Waals surface area (Å²) in [5, 5.41) is 2.59. The van der Waals surface area contributed by atoms with E-state index in [0.717, 1.165) is 5.56 Å². The molecule has 2 aromatic carbocycles. The van der Waals surface area contributed by atoms with E-state index in [1.54, 1.807) is 13.0 Å². The van der Waals surface area contributed by atoms with E-state index < -0.39 is 11.9 Å². The zero-order valence-electron chi connectivity index (χ0n) is 11.7. The lowest BCUT2D eigenvalue weighted by Crippen LogP contribution is -2.30. The van der Waals surface area contributed by atoms with Crippen molar-refractivity contribution < 1.29 is 13.9 Å².